The van der Waals surface area contributed by atoms with Crippen molar-refractivity contribution in [1.29, 1.82) is 0 Å². The van der Waals surface area contributed by atoms with E-state index in [1.165, 1.54) is 0 Å². The number of rotatable bonds is 6. The SMILES string of the molecule is CC(CO)(CO)CNC1(CO)CCC1. The molecule has 1 saturated carbocycles. The normalized spacial score (nSPS) is 20.6. The van der Waals surface area contributed by atoms with Gasteiger partial charge in [0.05, 0.1) is 19.8 Å². The molecule has 0 radical (unpaired) electrons. The molecule has 0 bridgehead atoms. The van der Waals surface area contributed by atoms with Gasteiger partial charge >= 0.3 is 0 Å². The Morgan fingerprint density at radius 2 is 1.79 bits per heavy atom. The molecule has 0 unspecified atom stereocenters. The molecule has 84 valence electrons. The van der Waals surface area contributed by atoms with Crippen LogP contribution in [0, 0.1) is 5.41 Å². The van der Waals surface area contributed by atoms with Gasteiger partial charge in [-0.05, 0) is 19.3 Å². The third-order valence-electron chi connectivity index (χ3n) is 3.27. The van der Waals surface area contributed by atoms with E-state index in [1.54, 1.807) is 0 Å². The highest BCUT2D eigenvalue weighted by Gasteiger charge is 2.37. The molecule has 1 rings (SSSR count). The lowest BCUT2D eigenvalue weighted by Crippen LogP contribution is -2.57. The van der Waals surface area contributed by atoms with Crippen LogP contribution in [-0.4, -0.2) is 47.2 Å². The van der Waals surface area contributed by atoms with Gasteiger partial charge in [0.2, 0.25) is 0 Å². The van der Waals surface area contributed by atoms with Gasteiger partial charge < -0.3 is 20.6 Å². The van der Waals surface area contributed by atoms with Gasteiger partial charge in [0.15, 0.2) is 0 Å². The fraction of sp³-hybridized carbons (Fsp3) is 1.00. The molecule has 1 fully saturated rings. The molecular weight excluding hydrogens is 182 g/mol. The lowest BCUT2D eigenvalue weighted by molar-refractivity contribution is 0.0340. The molecule has 0 heterocycles. The molecule has 14 heavy (non-hydrogen) atoms. The Balaban J connectivity index is 2.37. The van der Waals surface area contributed by atoms with E-state index < -0.39 is 5.41 Å². The van der Waals surface area contributed by atoms with E-state index in [-0.39, 0.29) is 25.4 Å². The second-order valence-corrected chi connectivity index (χ2v) is 4.77. The van der Waals surface area contributed by atoms with E-state index >= 15 is 0 Å². The zero-order valence-corrected chi connectivity index (χ0v) is 8.79. The van der Waals surface area contributed by atoms with Crippen molar-refractivity contribution in [3.8, 4) is 0 Å². The molecule has 0 amide bonds. The molecule has 1 aliphatic carbocycles. The van der Waals surface area contributed by atoms with Crippen molar-refractivity contribution in [1.82, 2.24) is 5.32 Å². The van der Waals surface area contributed by atoms with Crippen molar-refractivity contribution >= 4 is 0 Å². The number of hydrogen-bond donors (Lipinski definition) is 4. The first-order valence-corrected chi connectivity index (χ1v) is 5.17. The van der Waals surface area contributed by atoms with Crippen molar-refractivity contribution in [2.45, 2.75) is 31.7 Å². The van der Waals surface area contributed by atoms with Gasteiger partial charge in [0, 0.05) is 17.5 Å². The van der Waals surface area contributed by atoms with E-state index in [0.717, 1.165) is 19.3 Å². The lowest BCUT2D eigenvalue weighted by Gasteiger charge is -2.43. The van der Waals surface area contributed by atoms with E-state index in [1.807, 2.05) is 6.92 Å². The van der Waals surface area contributed by atoms with Crippen molar-refractivity contribution < 1.29 is 15.3 Å². The maximum atomic E-state index is 9.19. The van der Waals surface area contributed by atoms with Crippen LogP contribution < -0.4 is 5.32 Å². The Kier molecular flexibility index (Phi) is 3.89. The second kappa shape index (κ2) is 4.57. The van der Waals surface area contributed by atoms with E-state index in [9.17, 15) is 5.11 Å². The number of aliphatic hydroxyl groups is 3. The summed E-state index contributed by atoms with van der Waals surface area (Å²) in [7, 11) is 0. The second-order valence-electron chi connectivity index (χ2n) is 4.77. The summed E-state index contributed by atoms with van der Waals surface area (Å²) < 4.78 is 0. The molecule has 1 aliphatic rings. The molecule has 0 aromatic carbocycles. The summed E-state index contributed by atoms with van der Waals surface area (Å²) in [4.78, 5) is 0. The van der Waals surface area contributed by atoms with Crippen LogP contribution in [0.2, 0.25) is 0 Å². The van der Waals surface area contributed by atoms with Gasteiger partial charge in [0.1, 0.15) is 0 Å². The summed E-state index contributed by atoms with van der Waals surface area (Å²) >= 11 is 0. The summed E-state index contributed by atoms with van der Waals surface area (Å²) in [6.07, 6.45) is 3.11. The quantitative estimate of drug-likeness (QED) is 0.469. The third kappa shape index (κ3) is 2.45. The number of hydrogen-bond acceptors (Lipinski definition) is 4. The minimum Gasteiger partial charge on any atom is -0.396 e. The molecule has 0 spiro atoms. The zero-order valence-electron chi connectivity index (χ0n) is 8.79. The van der Waals surface area contributed by atoms with Crippen LogP contribution in [-0.2, 0) is 0 Å². The summed E-state index contributed by atoms with van der Waals surface area (Å²) in [5.74, 6) is 0. The average Bonchev–Trinajstić information content (AvgIpc) is 2.16. The molecule has 0 aromatic rings. The van der Waals surface area contributed by atoms with Gasteiger partial charge in [-0.15, -0.1) is 0 Å². The summed E-state index contributed by atoms with van der Waals surface area (Å²) in [5, 5.41) is 30.6. The minimum atomic E-state index is -0.488. The number of nitrogens with one attached hydrogen (secondary N) is 1. The first kappa shape index (κ1) is 11.9. The fourth-order valence-electron chi connectivity index (χ4n) is 1.56. The first-order valence-electron chi connectivity index (χ1n) is 5.17. The van der Waals surface area contributed by atoms with Crippen molar-refractivity contribution in [3.05, 3.63) is 0 Å². The molecule has 4 heteroatoms. The van der Waals surface area contributed by atoms with Gasteiger partial charge in [-0.3, -0.25) is 0 Å². The maximum absolute atomic E-state index is 9.19. The summed E-state index contributed by atoms with van der Waals surface area (Å²) in [6, 6.07) is 0. The lowest BCUT2D eigenvalue weighted by atomic mass is 9.76. The average molecular weight is 203 g/mol. The molecule has 0 saturated heterocycles. The Hall–Kier alpha value is -0.160. The van der Waals surface area contributed by atoms with Crippen molar-refractivity contribution in [2.75, 3.05) is 26.4 Å². The van der Waals surface area contributed by atoms with Crippen LogP contribution in [0.5, 0.6) is 0 Å². The molecular formula is C10H21NO3. The van der Waals surface area contributed by atoms with Gasteiger partial charge in [0.25, 0.3) is 0 Å². The highest BCUT2D eigenvalue weighted by Crippen LogP contribution is 2.31. The summed E-state index contributed by atoms with van der Waals surface area (Å²) in [6.45, 7) is 2.42. The molecule has 4 N–H and O–H groups in total. The highest BCUT2D eigenvalue weighted by molar-refractivity contribution is 4.96. The van der Waals surface area contributed by atoms with Crippen LogP contribution in [0.25, 0.3) is 0 Å². The Morgan fingerprint density at radius 3 is 2.07 bits per heavy atom. The third-order valence-corrected chi connectivity index (χ3v) is 3.27. The first-order chi connectivity index (χ1) is 6.60. The largest absolute Gasteiger partial charge is 0.396 e. The monoisotopic (exact) mass is 203 g/mol. The smallest absolute Gasteiger partial charge is 0.0613 e. The molecule has 0 atom stereocenters. The van der Waals surface area contributed by atoms with Gasteiger partial charge in [-0.2, -0.15) is 0 Å². The minimum absolute atomic E-state index is 0.0436. The Morgan fingerprint density at radius 1 is 1.21 bits per heavy atom. The molecule has 0 aliphatic heterocycles. The number of aliphatic hydroxyl groups excluding tert-OH is 3. The standard InChI is InChI=1S/C10H21NO3/c1-9(6-12,7-13)5-11-10(8-14)3-2-4-10/h11-14H,2-8H2,1H3. The summed E-state index contributed by atoms with van der Waals surface area (Å²) in [5.41, 5.74) is -0.636. The van der Waals surface area contributed by atoms with Crippen molar-refractivity contribution in [2.24, 2.45) is 5.41 Å². The van der Waals surface area contributed by atoms with Crippen molar-refractivity contribution in [3.63, 3.8) is 0 Å². The Labute approximate surface area is 85.0 Å². The fourth-order valence-corrected chi connectivity index (χ4v) is 1.56. The van der Waals surface area contributed by atoms with Crippen LogP contribution in [0.4, 0.5) is 0 Å². The van der Waals surface area contributed by atoms with Gasteiger partial charge in [-0.25, -0.2) is 0 Å². The predicted octanol–water partition coefficient (Wildman–Crippen LogP) is -0.518. The van der Waals surface area contributed by atoms with E-state index in [2.05, 4.69) is 5.32 Å². The molecule has 4 nitrogen and oxygen atoms in total. The molecule has 0 aromatic heterocycles. The van der Waals surface area contributed by atoms with Crippen LogP contribution >= 0.6 is 0 Å². The van der Waals surface area contributed by atoms with Crippen LogP contribution in [0.3, 0.4) is 0 Å². The topological polar surface area (TPSA) is 72.7 Å². The maximum Gasteiger partial charge on any atom is 0.0613 e. The zero-order chi connectivity index (χ0) is 10.7. The highest BCUT2D eigenvalue weighted by atomic mass is 16.3. The Bertz CT molecular complexity index is 158. The van der Waals surface area contributed by atoms with E-state index in [0.29, 0.717) is 6.54 Å². The van der Waals surface area contributed by atoms with E-state index in [4.69, 9.17) is 10.2 Å². The van der Waals surface area contributed by atoms with Crippen LogP contribution in [0.1, 0.15) is 26.2 Å². The van der Waals surface area contributed by atoms with Gasteiger partial charge in [-0.1, -0.05) is 6.92 Å². The van der Waals surface area contributed by atoms with Crippen LogP contribution in [0.15, 0.2) is 0 Å². The predicted molar refractivity (Wildman–Crippen MR) is 53.9 cm³/mol.